The van der Waals surface area contributed by atoms with Crippen LogP contribution >= 0.6 is 15.9 Å². The van der Waals surface area contributed by atoms with Gasteiger partial charge in [0.05, 0.1) is 5.75 Å². The Bertz CT molecular complexity index is 472. The minimum atomic E-state index is -3.21. The Morgan fingerprint density at radius 2 is 2.18 bits per heavy atom. The molecule has 1 aliphatic rings. The van der Waals surface area contributed by atoms with E-state index in [1.807, 2.05) is 18.2 Å². The molecule has 1 N–H and O–H groups in total. The van der Waals surface area contributed by atoms with Crippen molar-refractivity contribution in [2.75, 3.05) is 11.1 Å². The Balaban J connectivity index is 1.90. The molecule has 2 rings (SSSR count). The molecule has 0 unspecified atom stereocenters. The largest absolute Gasteiger partial charge is 0.261 e. The van der Waals surface area contributed by atoms with Gasteiger partial charge in [0.25, 0.3) is 0 Å². The molecule has 0 amide bonds. The zero-order valence-electron chi connectivity index (χ0n) is 9.39. The zero-order chi connectivity index (χ0) is 12.4. The third-order valence-electron chi connectivity index (χ3n) is 2.83. The maximum atomic E-state index is 11.9. The lowest BCUT2D eigenvalue weighted by molar-refractivity contribution is 0.560. The maximum absolute atomic E-state index is 11.9. The molecule has 0 saturated heterocycles. The first-order chi connectivity index (χ1) is 8.05. The van der Waals surface area contributed by atoms with Crippen molar-refractivity contribution < 1.29 is 8.42 Å². The number of rotatable bonds is 6. The summed E-state index contributed by atoms with van der Waals surface area (Å²) in [5.74, 6) is 0.0960. The molecular formula is C11H15BrN2O2S. The molecule has 0 atom stereocenters. The monoisotopic (exact) mass is 318 g/mol. The molecule has 0 radical (unpaired) electrons. The molecule has 0 aliphatic heterocycles. The lowest BCUT2D eigenvalue weighted by Crippen LogP contribution is -2.39. The van der Waals surface area contributed by atoms with Crippen LogP contribution < -0.4 is 4.72 Å². The highest BCUT2D eigenvalue weighted by molar-refractivity contribution is 9.09. The van der Waals surface area contributed by atoms with Crippen LogP contribution in [0.2, 0.25) is 0 Å². The van der Waals surface area contributed by atoms with Crippen molar-refractivity contribution >= 4 is 26.0 Å². The van der Waals surface area contributed by atoms with E-state index in [-0.39, 0.29) is 11.3 Å². The number of nitrogens with one attached hydrogen (secondary N) is 1. The van der Waals surface area contributed by atoms with E-state index >= 15 is 0 Å². The zero-order valence-corrected chi connectivity index (χ0v) is 11.8. The number of aromatic nitrogens is 1. The first-order valence-corrected chi connectivity index (χ1v) is 8.30. The summed E-state index contributed by atoms with van der Waals surface area (Å²) in [7, 11) is -3.21. The minimum Gasteiger partial charge on any atom is -0.261 e. The van der Waals surface area contributed by atoms with E-state index in [2.05, 4.69) is 25.6 Å². The van der Waals surface area contributed by atoms with Crippen LogP contribution in [0.5, 0.6) is 0 Å². The van der Waals surface area contributed by atoms with Gasteiger partial charge in [-0.2, -0.15) is 0 Å². The van der Waals surface area contributed by atoms with Crippen molar-refractivity contribution in [3.05, 3.63) is 30.1 Å². The van der Waals surface area contributed by atoms with Gasteiger partial charge in [-0.1, -0.05) is 22.0 Å². The van der Waals surface area contributed by atoms with Crippen LogP contribution in [0.4, 0.5) is 0 Å². The lowest BCUT2D eigenvalue weighted by atomic mass is 10.3. The molecule has 0 bridgehead atoms. The van der Waals surface area contributed by atoms with E-state index < -0.39 is 10.0 Å². The second kappa shape index (κ2) is 5.04. The van der Waals surface area contributed by atoms with Gasteiger partial charge in [-0.15, -0.1) is 0 Å². The molecule has 1 heterocycles. The fraction of sp³-hybridized carbons (Fsp3) is 0.545. The number of nitrogens with zero attached hydrogens (tertiary/aromatic N) is 1. The first-order valence-electron chi connectivity index (χ1n) is 5.53. The van der Waals surface area contributed by atoms with Crippen molar-refractivity contribution in [2.45, 2.75) is 24.8 Å². The van der Waals surface area contributed by atoms with Crippen LogP contribution in [-0.4, -0.2) is 30.0 Å². The van der Waals surface area contributed by atoms with Crippen molar-refractivity contribution in [2.24, 2.45) is 0 Å². The van der Waals surface area contributed by atoms with Crippen LogP contribution in [-0.2, 0) is 16.4 Å². The van der Waals surface area contributed by atoms with Crippen molar-refractivity contribution in [3.63, 3.8) is 0 Å². The van der Waals surface area contributed by atoms with E-state index in [1.165, 1.54) is 0 Å². The number of sulfonamides is 1. The maximum Gasteiger partial charge on any atom is 0.212 e. The second-order valence-electron chi connectivity index (χ2n) is 4.41. The Hall–Kier alpha value is -0.460. The van der Waals surface area contributed by atoms with E-state index in [4.69, 9.17) is 0 Å². The number of aryl methyl sites for hydroxylation is 1. The molecule has 1 saturated carbocycles. The van der Waals surface area contributed by atoms with Gasteiger partial charge in [-0.25, -0.2) is 13.1 Å². The standard InChI is InChI=1S/C11H15BrN2O2S/c12-9-11(5-6-11)14-17(15,16)8-4-10-3-1-2-7-13-10/h1-3,7,14H,4-6,8-9H2. The first kappa shape index (κ1) is 13.0. The summed E-state index contributed by atoms with van der Waals surface area (Å²) in [5, 5.41) is 0.683. The summed E-state index contributed by atoms with van der Waals surface area (Å²) in [6.07, 6.45) is 3.97. The third kappa shape index (κ3) is 3.76. The van der Waals surface area contributed by atoms with E-state index in [0.717, 1.165) is 18.5 Å². The van der Waals surface area contributed by atoms with Crippen molar-refractivity contribution in [1.82, 2.24) is 9.71 Å². The fourth-order valence-electron chi connectivity index (χ4n) is 1.58. The Morgan fingerprint density at radius 1 is 1.41 bits per heavy atom. The van der Waals surface area contributed by atoms with E-state index in [1.54, 1.807) is 6.20 Å². The number of halogens is 1. The predicted octanol–water partition coefficient (Wildman–Crippen LogP) is 1.47. The Kier molecular flexibility index (Phi) is 3.85. The number of pyridine rings is 1. The molecule has 4 nitrogen and oxygen atoms in total. The quantitative estimate of drug-likeness (QED) is 0.808. The minimum absolute atomic E-state index is 0.0960. The van der Waals surface area contributed by atoms with Gasteiger partial charge in [0.2, 0.25) is 10.0 Å². The van der Waals surface area contributed by atoms with Crippen LogP contribution in [0, 0.1) is 0 Å². The number of alkyl halides is 1. The summed E-state index contributed by atoms with van der Waals surface area (Å²) in [4.78, 5) is 4.11. The summed E-state index contributed by atoms with van der Waals surface area (Å²) in [5.41, 5.74) is 0.588. The van der Waals surface area contributed by atoms with Gasteiger partial charge in [-0.05, 0) is 25.0 Å². The summed E-state index contributed by atoms with van der Waals surface area (Å²) < 4.78 is 26.5. The highest BCUT2D eigenvalue weighted by Crippen LogP contribution is 2.37. The van der Waals surface area contributed by atoms with Crippen molar-refractivity contribution in [3.8, 4) is 0 Å². The Labute approximate surface area is 110 Å². The Morgan fingerprint density at radius 3 is 2.71 bits per heavy atom. The smallest absolute Gasteiger partial charge is 0.212 e. The summed E-state index contributed by atoms with van der Waals surface area (Å²) in [6.45, 7) is 0. The summed E-state index contributed by atoms with van der Waals surface area (Å²) >= 11 is 3.34. The van der Waals surface area contributed by atoms with Crippen LogP contribution in [0.15, 0.2) is 24.4 Å². The molecule has 94 valence electrons. The molecule has 1 aliphatic carbocycles. The average molecular weight is 319 g/mol. The predicted molar refractivity (Wildman–Crippen MR) is 70.6 cm³/mol. The topological polar surface area (TPSA) is 59.1 Å². The molecule has 6 heteroatoms. The molecule has 0 spiro atoms. The molecule has 17 heavy (non-hydrogen) atoms. The van der Waals surface area contributed by atoms with Gasteiger partial charge < -0.3 is 0 Å². The van der Waals surface area contributed by atoms with E-state index in [0.29, 0.717) is 11.8 Å². The van der Waals surface area contributed by atoms with Gasteiger partial charge in [0.15, 0.2) is 0 Å². The third-order valence-corrected chi connectivity index (χ3v) is 5.39. The van der Waals surface area contributed by atoms with Gasteiger partial charge in [0.1, 0.15) is 0 Å². The molecule has 1 aromatic heterocycles. The van der Waals surface area contributed by atoms with Gasteiger partial charge >= 0.3 is 0 Å². The van der Waals surface area contributed by atoms with Gasteiger partial charge in [-0.3, -0.25) is 4.98 Å². The highest BCUT2D eigenvalue weighted by Gasteiger charge is 2.44. The van der Waals surface area contributed by atoms with Crippen LogP contribution in [0.3, 0.4) is 0 Å². The lowest BCUT2D eigenvalue weighted by Gasteiger charge is -2.14. The highest BCUT2D eigenvalue weighted by atomic mass is 79.9. The molecule has 1 aromatic rings. The number of hydrogen-bond donors (Lipinski definition) is 1. The molecular weight excluding hydrogens is 304 g/mol. The van der Waals surface area contributed by atoms with Crippen LogP contribution in [0.25, 0.3) is 0 Å². The average Bonchev–Trinajstić information content (AvgIpc) is 3.08. The van der Waals surface area contributed by atoms with E-state index in [9.17, 15) is 8.42 Å². The number of hydrogen-bond acceptors (Lipinski definition) is 3. The summed E-state index contributed by atoms with van der Waals surface area (Å²) in [6, 6.07) is 5.52. The molecule has 1 fully saturated rings. The molecule has 0 aromatic carbocycles. The van der Waals surface area contributed by atoms with Crippen molar-refractivity contribution in [1.29, 1.82) is 0 Å². The second-order valence-corrected chi connectivity index (χ2v) is 6.81. The fourth-order valence-corrected chi connectivity index (χ4v) is 3.98. The van der Waals surface area contributed by atoms with Crippen LogP contribution in [0.1, 0.15) is 18.5 Å². The normalized spacial score (nSPS) is 17.9. The SMILES string of the molecule is O=S(=O)(CCc1ccccn1)NC1(CBr)CC1. The van der Waals surface area contributed by atoms with Gasteiger partial charge in [0, 0.05) is 29.2 Å².